The Morgan fingerprint density at radius 3 is 2.27 bits per heavy atom. The standard InChI is InChI=1S/C47H73N9O10/c1-31(2)45(63)65-28-34-13-17-36(18-14-34)51-43(61)38(10-8-9-21-48)52-40(58)30-64-29-39(57)49-22-19-47(6,7)66-23-20-46(4,5)56-27-37(53-54-56)25-50-42(60)35-15-11-33(12-16-35)26-55-41(59)24-32(3)44(55)62/h13-14,17-18,27,31-33,35,38H,8-12,15-16,19-26,28-30,48H2,1-7H3,(H,49,57)(H,50,60)(H,51,61)(H,52,58)/t32?,33?,35?,38-/m0/s1. The van der Waals surface area contributed by atoms with Crippen LogP contribution in [0.2, 0.25) is 0 Å². The number of esters is 1. The van der Waals surface area contributed by atoms with Crippen LogP contribution in [0.3, 0.4) is 0 Å². The lowest BCUT2D eigenvalue weighted by molar-refractivity contribution is -0.148. The lowest BCUT2D eigenvalue weighted by Crippen LogP contribution is -2.45. The van der Waals surface area contributed by atoms with Crippen molar-refractivity contribution in [3.8, 4) is 0 Å². The molecule has 0 bridgehead atoms. The van der Waals surface area contributed by atoms with Crippen molar-refractivity contribution in [1.29, 1.82) is 0 Å². The zero-order valence-electron chi connectivity index (χ0n) is 40.0. The molecule has 66 heavy (non-hydrogen) atoms. The molecule has 1 aromatic heterocycles. The Kier molecular flexibility index (Phi) is 20.7. The van der Waals surface area contributed by atoms with Crippen molar-refractivity contribution in [2.45, 2.75) is 143 Å². The summed E-state index contributed by atoms with van der Waals surface area (Å²) in [6, 6.07) is 6.02. The lowest BCUT2D eigenvalue weighted by atomic mass is 9.81. The van der Waals surface area contributed by atoms with Crippen molar-refractivity contribution >= 4 is 47.1 Å². The van der Waals surface area contributed by atoms with E-state index in [9.17, 15) is 33.6 Å². The van der Waals surface area contributed by atoms with E-state index in [0.717, 1.165) is 18.4 Å². The van der Waals surface area contributed by atoms with Gasteiger partial charge in [0.05, 0.1) is 29.8 Å². The first-order valence-electron chi connectivity index (χ1n) is 23.3. The molecule has 1 aromatic carbocycles. The van der Waals surface area contributed by atoms with Crippen molar-refractivity contribution in [3.05, 3.63) is 41.7 Å². The second-order valence-corrected chi connectivity index (χ2v) is 19.2. The van der Waals surface area contributed by atoms with E-state index in [0.29, 0.717) is 82.6 Å². The number of nitrogens with zero attached hydrogens (tertiary/aromatic N) is 4. The number of anilines is 1. The number of ether oxygens (including phenoxy) is 3. The second-order valence-electron chi connectivity index (χ2n) is 19.2. The molecule has 0 spiro atoms. The molecule has 19 heteroatoms. The molecule has 1 unspecified atom stereocenters. The fourth-order valence-electron chi connectivity index (χ4n) is 7.69. The van der Waals surface area contributed by atoms with Crippen LogP contribution in [0.25, 0.3) is 0 Å². The molecule has 2 aliphatic rings. The fourth-order valence-corrected chi connectivity index (χ4v) is 7.69. The van der Waals surface area contributed by atoms with E-state index < -0.39 is 41.5 Å². The van der Waals surface area contributed by atoms with Gasteiger partial charge in [0.1, 0.15) is 31.6 Å². The largest absolute Gasteiger partial charge is 0.461 e. The van der Waals surface area contributed by atoms with Crippen molar-refractivity contribution in [3.63, 3.8) is 0 Å². The van der Waals surface area contributed by atoms with Crippen molar-refractivity contribution in [2.75, 3.05) is 44.8 Å². The smallest absolute Gasteiger partial charge is 0.308 e. The highest BCUT2D eigenvalue weighted by Crippen LogP contribution is 2.31. The molecule has 1 aliphatic heterocycles. The SMILES string of the molecule is CC(C)C(=O)OCc1ccc(NC(=O)[C@H](CCCCN)NC(=O)COCC(=O)NCCC(C)(C)OCCC(C)(C)n2cc(CNC(=O)C3CCC(CN4C(=O)CC(C)C4=O)CC3)nn2)cc1. The molecule has 366 valence electrons. The first-order chi connectivity index (χ1) is 31.3. The molecule has 0 radical (unpaired) electrons. The van der Waals surface area contributed by atoms with Crippen LogP contribution in [-0.2, 0) is 66.5 Å². The molecule has 6 amide bonds. The number of benzene rings is 1. The molecular weight excluding hydrogens is 851 g/mol. The monoisotopic (exact) mass is 924 g/mol. The van der Waals surface area contributed by atoms with E-state index in [-0.39, 0.29) is 73.5 Å². The highest BCUT2D eigenvalue weighted by molar-refractivity contribution is 6.03. The summed E-state index contributed by atoms with van der Waals surface area (Å²) in [6.07, 6.45) is 7.90. The molecule has 2 aromatic rings. The number of nitrogens with one attached hydrogen (secondary N) is 4. The van der Waals surface area contributed by atoms with Gasteiger partial charge in [0.25, 0.3) is 0 Å². The highest BCUT2D eigenvalue weighted by Gasteiger charge is 2.38. The quantitative estimate of drug-likeness (QED) is 0.0490. The predicted molar refractivity (Wildman–Crippen MR) is 245 cm³/mol. The number of hydrogen-bond acceptors (Lipinski definition) is 13. The summed E-state index contributed by atoms with van der Waals surface area (Å²) in [6.45, 7) is 14.5. The third-order valence-electron chi connectivity index (χ3n) is 12.1. The first kappa shape index (κ1) is 53.3. The summed E-state index contributed by atoms with van der Waals surface area (Å²) >= 11 is 0. The van der Waals surface area contributed by atoms with Gasteiger partial charge in [-0.1, -0.05) is 38.1 Å². The van der Waals surface area contributed by atoms with Gasteiger partial charge < -0.3 is 41.2 Å². The third kappa shape index (κ3) is 17.5. The summed E-state index contributed by atoms with van der Waals surface area (Å²) in [5, 5.41) is 19.9. The minimum absolute atomic E-state index is 0.0292. The summed E-state index contributed by atoms with van der Waals surface area (Å²) in [7, 11) is 0. The summed E-state index contributed by atoms with van der Waals surface area (Å²) in [5.74, 6) is -2.24. The van der Waals surface area contributed by atoms with E-state index in [2.05, 4.69) is 31.6 Å². The van der Waals surface area contributed by atoms with Gasteiger partial charge in [-0.05, 0) is 116 Å². The number of likely N-dealkylation sites (tertiary alicyclic amines) is 1. The number of nitrogens with two attached hydrogens (primary N) is 1. The van der Waals surface area contributed by atoms with Crippen LogP contribution in [-0.4, -0.2) is 112 Å². The van der Waals surface area contributed by atoms with Gasteiger partial charge in [-0.3, -0.25) is 38.5 Å². The number of imide groups is 1. The van der Waals surface area contributed by atoms with E-state index in [1.807, 2.05) is 33.9 Å². The van der Waals surface area contributed by atoms with Crippen LogP contribution < -0.4 is 27.0 Å². The van der Waals surface area contributed by atoms with Gasteiger partial charge in [0.2, 0.25) is 35.4 Å². The van der Waals surface area contributed by atoms with Gasteiger partial charge in [-0.25, -0.2) is 4.68 Å². The molecule has 19 nitrogen and oxygen atoms in total. The normalized spacial score (nSPS) is 18.3. The minimum Gasteiger partial charge on any atom is -0.461 e. The van der Waals surface area contributed by atoms with Crippen molar-refractivity contribution < 1.29 is 47.8 Å². The summed E-state index contributed by atoms with van der Waals surface area (Å²) in [4.78, 5) is 89.1. The molecule has 1 saturated heterocycles. The van der Waals surface area contributed by atoms with E-state index in [1.165, 1.54) is 4.90 Å². The number of rotatable bonds is 27. The molecule has 2 atom stereocenters. The van der Waals surface area contributed by atoms with Crippen LogP contribution in [0.4, 0.5) is 5.69 Å². The predicted octanol–water partition coefficient (Wildman–Crippen LogP) is 3.49. The topological polar surface area (TPSA) is 255 Å². The van der Waals surface area contributed by atoms with Gasteiger partial charge in [0.15, 0.2) is 0 Å². The maximum absolute atomic E-state index is 13.1. The summed E-state index contributed by atoms with van der Waals surface area (Å²) in [5.41, 5.74) is 6.56. The number of unbranched alkanes of at least 4 members (excludes halogenated alkanes) is 1. The lowest BCUT2D eigenvalue weighted by Gasteiger charge is -2.30. The third-order valence-corrected chi connectivity index (χ3v) is 12.1. The van der Waals surface area contributed by atoms with Gasteiger partial charge >= 0.3 is 5.97 Å². The summed E-state index contributed by atoms with van der Waals surface area (Å²) < 4.78 is 18.6. The molecule has 1 saturated carbocycles. The zero-order valence-corrected chi connectivity index (χ0v) is 40.0. The molecule has 4 rings (SSSR count). The minimum atomic E-state index is -0.850. The first-order valence-corrected chi connectivity index (χ1v) is 23.3. The maximum Gasteiger partial charge on any atom is 0.308 e. The Balaban J connectivity index is 1.09. The average molecular weight is 924 g/mol. The average Bonchev–Trinajstić information content (AvgIpc) is 3.85. The second kappa shape index (κ2) is 25.6. The highest BCUT2D eigenvalue weighted by atomic mass is 16.5. The maximum atomic E-state index is 13.1. The molecule has 1 aliphatic carbocycles. The molecular formula is C47H73N9O10. The van der Waals surface area contributed by atoms with Crippen molar-refractivity contribution in [2.24, 2.45) is 29.4 Å². The Hall–Kier alpha value is -5.27. The Labute approximate surface area is 388 Å². The fraction of sp³-hybridized carbons (Fsp3) is 0.681. The van der Waals surface area contributed by atoms with Crippen LogP contribution in [0.1, 0.15) is 124 Å². The zero-order chi connectivity index (χ0) is 48.4. The Morgan fingerprint density at radius 2 is 1.62 bits per heavy atom. The number of hydrogen-bond donors (Lipinski definition) is 5. The van der Waals surface area contributed by atoms with Crippen LogP contribution in [0.15, 0.2) is 30.5 Å². The molecule has 2 fully saturated rings. The Morgan fingerprint density at radius 1 is 0.924 bits per heavy atom. The van der Waals surface area contributed by atoms with Crippen LogP contribution in [0.5, 0.6) is 0 Å². The Bertz CT molecular complexity index is 1940. The van der Waals surface area contributed by atoms with E-state index in [1.54, 1.807) is 49.7 Å². The van der Waals surface area contributed by atoms with Crippen LogP contribution >= 0.6 is 0 Å². The van der Waals surface area contributed by atoms with Gasteiger partial charge in [0, 0.05) is 43.6 Å². The van der Waals surface area contributed by atoms with Crippen molar-refractivity contribution in [1.82, 2.24) is 35.8 Å². The van der Waals surface area contributed by atoms with E-state index >= 15 is 0 Å². The number of carbonyl (C=O) groups excluding carboxylic acids is 7. The number of amides is 6. The van der Waals surface area contributed by atoms with Gasteiger partial charge in [-0.2, -0.15) is 0 Å². The molecule has 6 N–H and O–H groups in total. The van der Waals surface area contributed by atoms with Gasteiger partial charge in [-0.15, -0.1) is 5.10 Å². The van der Waals surface area contributed by atoms with E-state index in [4.69, 9.17) is 19.9 Å². The number of aromatic nitrogens is 3. The van der Waals surface area contributed by atoms with Crippen LogP contribution in [0, 0.1) is 23.7 Å². The number of carbonyl (C=O) groups is 7. The molecule has 2 heterocycles.